The summed E-state index contributed by atoms with van der Waals surface area (Å²) in [6.45, 7) is 4.80. The van der Waals surface area contributed by atoms with Gasteiger partial charge in [0.2, 0.25) is 0 Å². The highest BCUT2D eigenvalue weighted by molar-refractivity contribution is 6.00. The van der Waals surface area contributed by atoms with Crippen molar-refractivity contribution in [1.82, 2.24) is 4.90 Å². The Labute approximate surface area is 205 Å². The Bertz CT molecular complexity index is 1190. The van der Waals surface area contributed by atoms with E-state index in [-0.39, 0.29) is 11.9 Å². The number of nitrogens with one attached hydrogen (secondary N) is 2. The van der Waals surface area contributed by atoms with Crippen LogP contribution in [-0.4, -0.2) is 57.2 Å². The molecule has 4 rings (SSSR count). The van der Waals surface area contributed by atoms with Crippen LogP contribution in [0.4, 0.5) is 21.9 Å². The van der Waals surface area contributed by atoms with Crippen LogP contribution in [0.3, 0.4) is 0 Å². The summed E-state index contributed by atoms with van der Waals surface area (Å²) in [5, 5.41) is 5.63. The molecule has 1 heterocycles. The van der Waals surface area contributed by atoms with E-state index in [1.807, 2.05) is 60.4 Å². The minimum atomic E-state index is -0.371. The lowest BCUT2D eigenvalue weighted by atomic mass is 10.1. The molecule has 3 aromatic rings. The Morgan fingerprint density at radius 2 is 1.54 bits per heavy atom. The molecule has 1 aliphatic heterocycles. The van der Waals surface area contributed by atoms with Crippen LogP contribution in [-0.2, 0) is 0 Å². The van der Waals surface area contributed by atoms with Crippen molar-refractivity contribution in [3.8, 4) is 11.5 Å². The summed E-state index contributed by atoms with van der Waals surface area (Å²) in [6.07, 6.45) is 0. The van der Waals surface area contributed by atoms with Gasteiger partial charge in [0.25, 0.3) is 5.91 Å². The molecule has 0 saturated carbocycles. The zero-order chi connectivity index (χ0) is 24.8. The Kier molecular flexibility index (Phi) is 7.40. The van der Waals surface area contributed by atoms with Gasteiger partial charge in [0.15, 0.2) is 0 Å². The van der Waals surface area contributed by atoms with Gasteiger partial charge in [-0.2, -0.15) is 0 Å². The van der Waals surface area contributed by atoms with Crippen molar-refractivity contribution >= 4 is 29.0 Å². The van der Waals surface area contributed by atoms with Gasteiger partial charge in [-0.05, 0) is 55.0 Å². The second-order valence-corrected chi connectivity index (χ2v) is 8.29. The van der Waals surface area contributed by atoms with Crippen LogP contribution >= 0.6 is 0 Å². The minimum Gasteiger partial charge on any atom is -0.497 e. The number of rotatable bonds is 6. The summed E-state index contributed by atoms with van der Waals surface area (Å²) < 4.78 is 10.5. The Morgan fingerprint density at radius 1 is 0.829 bits per heavy atom. The summed E-state index contributed by atoms with van der Waals surface area (Å²) in [6, 6.07) is 20.2. The van der Waals surface area contributed by atoms with Crippen LogP contribution in [0, 0.1) is 6.92 Å². The van der Waals surface area contributed by atoms with Gasteiger partial charge in [0.1, 0.15) is 11.5 Å². The standard InChI is InChI=1S/C27H30N4O4/c1-19-6-4-5-7-23(19)26(32)31-16-14-30(15-17-31)21-10-8-20(9-11-21)28-27(33)29-24-13-12-22(34-2)18-25(24)35-3/h4-13,18H,14-17H2,1-3H3,(H2,28,29,33). The fraction of sp³-hybridized carbons (Fsp3) is 0.259. The van der Waals surface area contributed by atoms with Gasteiger partial charge in [0, 0.05) is 49.2 Å². The molecule has 0 atom stereocenters. The number of hydrogen-bond acceptors (Lipinski definition) is 5. The normalized spacial score (nSPS) is 13.2. The summed E-state index contributed by atoms with van der Waals surface area (Å²) >= 11 is 0. The molecular weight excluding hydrogens is 444 g/mol. The van der Waals surface area contributed by atoms with Crippen molar-refractivity contribution in [2.24, 2.45) is 0 Å². The minimum absolute atomic E-state index is 0.0850. The first-order valence-corrected chi connectivity index (χ1v) is 11.5. The molecule has 2 N–H and O–H groups in total. The first-order valence-electron chi connectivity index (χ1n) is 11.5. The highest BCUT2D eigenvalue weighted by Crippen LogP contribution is 2.29. The Hall–Kier alpha value is -4.20. The van der Waals surface area contributed by atoms with E-state index >= 15 is 0 Å². The van der Waals surface area contributed by atoms with E-state index in [4.69, 9.17) is 9.47 Å². The maximum atomic E-state index is 12.9. The van der Waals surface area contributed by atoms with Crippen LogP contribution in [0.1, 0.15) is 15.9 Å². The number of benzene rings is 3. The molecule has 3 aromatic carbocycles. The molecule has 0 spiro atoms. The zero-order valence-electron chi connectivity index (χ0n) is 20.2. The van der Waals surface area contributed by atoms with Gasteiger partial charge in [-0.15, -0.1) is 0 Å². The second-order valence-electron chi connectivity index (χ2n) is 8.29. The van der Waals surface area contributed by atoms with Crippen LogP contribution in [0.2, 0.25) is 0 Å². The fourth-order valence-corrected chi connectivity index (χ4v) is 4.09. The van der Waals surface area contributed by atoms with E-state index in [0.29, 0.717) is 36.0 Å². The number of anilines is 3. The van der Waals surface area contributed by atoms with Crippen molar-refractivity contribution in [2.45, 2.75) is 6.92 Å². The second kappa shape index (κ2) is 10.8. The highest BCUT2D eigenvalue weighted by atomic mass is 16.5. The molecule has 0 bridgehead atoms. The van der Waals surface area contributed by atoms with Crippen LogP contribution in [0.15, 0.2) is 66.7 Å². The topological polar surface area (TPSA) is 83.1 Å². The van der Waals surface area contributed by atoms with Gasteiger partial charge in [-0.1, -0.05) is 18.2 Å². The SMILES string of the molecule is COc1ccc(NC(=O)Nc2ccc(N3CCN(C(=O)c4ccccc4C)CC3)cc2)c(OC)c1. The molecule has 8 nitrogen and oxygen atoms in total. The quantitative estimate of drug-likeness (QED) is 0.545. The van der Waals surface area contributed by atoms with Crippen molar-refractivity contribution in [2.75, 3.05) is 55.9 Å². The number of aryl methyl sites for hydroxylation is 1. The number of carbonyl (C=O) groups excluding carboxylic acids is 2. The van der Waals surface area contributed by atoms with Gasteiger partial charge in [-0.25, -0.2) is 4.79 Å². The van der Waals surface area contributed by atoms with Crippen LogP contribution in [0.25, 0.3) is 0 Å². The predicted octanol–water partition coefficient (Wildman–Crippen LogP) is 4.62. The summed E-state index contributed by atoms with van der Waals surface area (Å²) in [4.78, 5) is 29.5. The third-order valence-corrected chi connectivity index (χ3v) is 6.09. The van der Waals surface area contributed by atoms with Crippen molar-refractivity contribution in [3.63, 3.8) is 0 Å². The van der Waals surface area contributed by atoms with E-state index in [0.717, 1.165) is 29.9 Å². The lowest BCUT2D eigenvalue weighted by molar-refractivity contribution is 0.0746. The van der Waals surface area contributed by atoms with Crippen LogP contribution < -0.4 is 25.0 Å². The maximum Gasteiger partial charge on any atom is 0.323 e. The molecule has 0 unspecified atom stereocenters. The third-order valence-electron chi connectivity index (χ3n) is 6.09. The number of urea groups is 1. The third kappa shape index (κ3) is 5.66. The molecule has 3 amide bonds. The van der Waals surface area contributed by atoms with Crippen molar-refractivity contribution in [1.29, 1.82) is 0 Å². The predicted molar refractivity (Wildman–Crippen MR) is 138 cm³/mol. The van der Waals surface area contributed by atoms with E-state index in [1.165, 1.54) is 7.11 Å². The van der Waals surface area contributed by atoms with Gasteiger partial charge in [-0.3, -0.25) is 4.79 Å². The number of ether oxygens (including phenoxy) is 2. The first-order chi connectivity index (χ1) is 17.0. The zero-order valence-corrected chi connectivity index (χ0v) is 20.2. The summed E-state index contributed by atoms with van der Waals surface area (Å²) in [5.41, 5.74) is 4.03. The first kappa shape index (κ1) is 23.9. The van der Waals surface area contributed by atoms with E-state index in [9.17, 15) is 9.59 Å². The molecule has 182 valence electrons. The lowest BCUT2D eigenvalue weighted by Gasteiger charge is -2.36. The monoisotopic (exact) mass is 474 g/mol. The number of carbonyl (C=O) groups is 2. The van der Waals surface area contributed by atoms with E-state index < -0.39 is 0 Å². The Balaban J connectivity index is 1.31. The fourth-order valence-electron chi connectivity index (χ4n) is 4.09. The number of amides is 3. The van der Waals surface area contributed by atoms with E-state index in [1.54, 1.807) is 25.3 Å². The maximum absolute atomic E-state index is 12.9. The molecule has 1 fully saturated rings. The number of hydrogen-bond donors (Lipinski definition) is 2. The average Bonchev–Trinajstić information content (AvgIpc) is 2.89. The van der Waals surface area contributed by atoms with Crippen LogP contribution in [0.5, 0.6) is 11.5 Å². The summed E-state index contributed by atoms with van der Waals surface area (Å²) in [5.74, 6) is 1.24. The highest BCUT2D eigenvalue weighted by Gasteiger charge is 2.23. The average molecular weight is 475 g/mol. The van der Waals surface area contributed by atoms with Crippen molar-refractivity contribution in [3.05, 3.63) is 77.9 Å². The smallest absolute Gasteiger partial charge is 0.323 e. The molecule has 0 radical (unpaired) electrons. The molecule has 1 saturated heterocycles. The molecule has 0 aliphatic carbocycles. The number of piperazine rings is 1. The van der Waals surface area contributed by atoms with Crippen molar-refractivity contribution < 1.29 is 19.1 Å². The molecular formula is C27H30N4O4. The lowest BCUT2D eigenvalue weighted by Crippen LogP contribution is -2.48. The number of methoxy groups -OCH3 is 2. The van der Waals surface area contributed by atoms with Gasteiger partial charge < -0.3 is 29.9 Å². The molecule has 0 aromatic heterocycles. The van der Waals surface area contributed by atoms with Gasteiger partial charge in [0.05, 0.1) is 19.9 Å². The largest absolute Gasteiger partial charge is 0.497 e. The summed E-state index contributed by atoms with van der Waals surface area (Å²) in [7, 11) is 3.11. The molecule has 35 heavy (non-hydrogen) atoms. The van der Waals surface area contributed by atoms with E-state index in [2.05, 4.69) is 15.5 Å². The number of nitrogens with zero attached hydrogens (tertiary/aromatic N) is 2. The Morgan fingerprint density at radius 3 is 2.20 bits per heavy atom. The molecule has 1 aliphatic rings. The molecule has 8 heteroatoms. The van der Waals surface area contributed by atoms with Gasteiger partial charge >= 0.3 is 6.03 Å².